The lowest BCUT2D eigenvalue weighted by atomic mass is 10.0. The molecule has 0 saturated heterocycles. The second-order valence-electron chi connectivity index (χ2n) is 6.53. The van der Waals surface area contributed by atoms with Crippen molar-refractivity contribution in [3.63, 3.8) is 0 Å². The zero-order chi connectivity index (χ0) is 17.9. The van der Waals surface area contributed by atoms with Crippen molar-refractivity contribution in [3.8, 4) is 0 Å². The number of allylic oxidation sites excluding steroid dienone is 8. The van der Waals surface area contributed by atoms with E-state index in [4.69, 9.17) is 0 Å². The van der Waals surface area contributed by atoms with Crippen molar-refractivity contribution in [2.24, 2.45) is 5.92 Å². The maximum atomic E-state index is 2.47. The average molecular weight is 331 g/mol. The van der Waals surface area contributed by atoms with Gasteiger partial charge in [0.15, 0.2) is 0 Å². The van der Waals surface area contributed by atoms with Crippen LogP contribution < -0.4 is 0 Å². The standard InChI is InChI=1S/C15H22.C7H14.C2H6/c1(2-8-14-10-4-5-11-14)3-9-15-12-6-7-13-15;1-3-5-7-6-4-2;1-2/h2,6-8,12,14H,1,3-5,9-11,13H2;3,5H,4,6-7H2,1-2H3;1-2H3/b8-2+;5-3-;. The first-order chi connectivity index (χ1) is 11.9. The molecule has 0 heterocycles. The molecule has 0 aromatic heterocycles. The highest BCUT2D eigenvalue weighted by molar-refractivity contribution is 5.22. The molecular formula is C24H42. The summed E-state index contributed by atoms with van der Waals surface area (Å²) in [5.74, 6) is 0.914. The van der Waals surface area contributed by atoms with E-state index < -0.39 is 0 Å². The lowest BCUT2D eigenvalue weighted by Crippen LogP contribution is -1.85. The fraction of sp³-hybridized carbons (Fsp3) is 0.667. The quantitative estimate of drug-likeness (QED) is 0.309. The third-order valence-corrected chi connectivity index (χ3v) is 4.48. The zero-order valence-corrected chi connectivity index (χ0v) is 16.9. The molecule has 0 amide bonds. The summed E-state index contributed by atoms with van der Waals surface area (Å²) in [5, 5.41) is 0. The molecule has 1 fully saturated rings. The normalized spacial score (nSPS) is 16.9. The van der Waals surface area contributed by atoms with Gasteiger partial charge in [-0.15, -0.1) is 0 Å². The maximum absolute atomic E-state index is 2.47. The Kier molecular flexibility index (Phi) is 17.5. The molecule has 0 nitrogen and oxygen atoms in total. The van der Waals surface area contributed by atoms with Gasteiger partial charge in [-0.05, 0) is 57.8 Å². The minimum atomic E-state index is 0.914. The molecule has 2 aliphatic rings. The summed E-state index contributed by atoms with van der Waals surface area (Å²) in [6.45, 7) is 8.28. The van der Waals surface area contributed by atoms with Crippen LogP contribution in [-0.2, 0) is 0 Å². The third kappa shape index (κ3) is 13.4. The summed E-state index contributed by atoms with van der Waals surface area (Å²) >= 11 is 0. The topological polar surface area (TPSA) is 0 Å². The van der Waals surface area contributed by atoms with Gasteiger partial charge < -0.3 is 0 Å². The smallest absolute Gasteiger partial charge is 0.0133 e. The molecule has 24 heavy (non-hydrogen) atoms. The van der Waals surface area contributed by atoms with E-state index in [-0.39, 0.29) is 0 Å². The van der Waals surface area contributed by atoms with E-state index in [1.807, 2.05) is 13.8 Å². The zero-order valence-electron chi connectivity index (χ0n) is 16.9. The summed E-state index contributed by atoms with van der Waals surface area (Å²) in [4.78, 5) is 0. The summed E-state index contributed by atoms with van der Waals surface area (Å²) in [7, 11) is 0. The maximum Gasteiger partial charge on any atom is -0.0133 e. The molecule has 0 aromatic carbocycles. The van der Waals surface area contributed by atoms with Crippen LogP contribution in [0.3, 0.4) is 0 Å². The van der Waals surface area contributed by atoms with E-state index in [1.54, 1.807) is 5.57 Å². The van der Waals surface area contributed by atoms with E-state index in [2.05, 4.69) is 56.4 Å². The van der Waals surface area contributed by atoms with Crippen LogP contribution in [0, 0.1) is 5.92 Å². The second-order valence-corrected chi connectivity index (χ2v) is 6.53. The Hall–Kier alpha value is -1.04. The molecule has 138 valence electrons. The first-order valence-corrected chi connectivity index (χ1v) is 10.5. The minimum Gasteiger partial charge on any atom is -0.0917 e. The Labute approximate surface area is 152 Å². The number of rotatable bonds is 8. The molecule has 0 bridgehead atoms. The second kappa shape index (κ2) is 18.3. The first kappa shape index (κ1) is 23.0. The van der Waals surface area contributed by atoms with Gasteiger partial charge in [0.05, 0.1) is 0 Å². The molecule has 0 unspecified atom stereocenters. The van der Waals surface area contributed by atoms with E-state index in [0.29, 0.717) is 0 Å². The van der Waals surface area contributed by atoms with Crippen molar-refractivity contribution in [2.45, 2.75) is 98.3 Å². The van der Waals surface area contributed by atoms with Crippen LogP contribution in [0.15, 0.2) is 48.1 Å². The predicted molar refractivity (Wildman–Crippen MR) is 112 cm³/mol. The van der Waals surface area contributed by atoms with Crippen molar-refractivity contribution in [3.05, 3.63) is 48.1 Å². The van der Waals surface area contributed by atoms with Gasteiger partial charge in [0.25, 0.3) is 0 Å². The Morgan fingerprint density at radius 3 is 2.33 bits per heavy atom. The number of hydrogen-bond donors (Lipinski definition) is 0. The molecule has 1 saturated carbocycles. The Morgan fingerprint density at radius 2 is 1.75 bits per heavy atom. The van der Waals surface area contributed by atoms with Gasteiger partial charge in [0.1, 0.15) is 0 Å². The first-order valence-electron chi connectivity index (χ1n) is 10.5. The molecule has 0 N–H and O–H groups in total. The summed E-state index contributed by atoms with van der Waals surface area (Å²) in [6, 6.07) is 0. The van der Waals surface area contributed by atoms with Crippen LogP contribution in [-0.4, -0.2) is 0 Å². The molecule has 0 spiro atoms. The monoisotopic (exact) mass is 330 g/mol. The van der Waals surface area contributed by atoms with Crippen LogP contribution in [0.5, 0.6) is 0 Å². The van der Waals surface area contributed by atoms with E-state index in [1.165, 1.54) is 70.6 Å². The van der Waals surface area contributed by atoms with Gasteiger partial charge in [-0.25, -0.2) is 0 Å². The highest BCUT2D eigenvalue weighted by Crippen LogP contribution is 2.26. The van der Waals surface area contributed by atoms with Crippen LogP contribution in [0.2, 0.25) is 0 Å². The molecule has 2 rings (SSSR count). The molecule has 0 radical (unpaired) electrons. The van der Waals surface area contributed by atoms with E-state index in [9.17, 15) is 0 Å². The molecule has 0 aromatic rings. The van der Waals surface area contributed by atoms with Crippen LogP contribution in [0.4, 0.5) is 0 Å². The predicted octanol–water partition coefficient (Wildman–Crippen LogP) is 8.57. The largest absolute Gasteiger partial charge is 0.0917 e. The number of unbranched alkanes of at least 4 members (excludes halogenated alkanes) is 3. The summed E-state index contributed by atoms with van der Waals surface area (Å²) in [6.07, 6.45) is 30.7. The van der Waals surface area contributed by atoms with Crippen molar-refractivity contribution in [2.75, 3.05) is 0 Å². The van der Waals surface area contributed by atoms with Gasteiger partial charge in [-0.3, -0.25) is 0 Å². The molecule has 0 atom stereocenters. The van der Waals surface area contributed by atoms with E-state index >= 15 is 0 Å². The molecular weight excluding hydrogens is 288 g/mol. The third-order valence-electron chi connectivity index (χ3n) is 4.48. The Morgan fingerprint density at radius 1 is 1.04 bits per heavy atom. The van der Waals surface area contributed by atoms with Crippen molar-refractivity contribution in [1.29, 1.82) is 0 Å². The molecule has 0 aliphatic heterocycles. The van der Waals surface area contributed by atoms with Crippen LogP contribution >= 0.6 is 0 Å². The Balaban J connectivity index is 0.000000501. The van der Waals surface area contributed by atoms with Crippen molar-refractivity contribution in [1.82, 2.24) is 0 Å². The van der Waals surface area contributed by atoms with E-state index in [0.717, 1.165) is 5.92 Å². The SMILES string of the molecule is C/C=C\CCCC.C1=CCC(CCC/C=C/C2CCCC2)=C1.CC. The fourth-order valence-electron chi connectivity index (χ4n) is 3.05. The fourth-order valence-corrected chi connectivity index (χ4v) is 3.05. The van der Waals surface area contributed by atoms with Crippen molar-refractivity contribution < 1.29 is 0 Å². The average Bonchev–Trinajstić information content (AvgIpc) is 3.31. The lowest BCUT2D eigenvalue weighted by molar-refractivity contribution is 0.680. The Bertz CT molecular complexity index is 361. The van der Waals surface area contributed by atoms with Crippen LogP contribution in [0.25, 0.3) is 0 Å². The molecule has 0 heteroatoms. The highest BCUT2D eigenvalue weighted by Gasteiger charge is 2.10. The van der Waals surface area contributed by atoms with Gasteiger partial charge in [0.2, 0.25) is 0 Å². The minimum absolute atomic E-state index is 0.914. The summed E-state index contributed by atoms with van der Waals surface area (Å²) < 4.78 is 0. The van der Waals surface area contributed by atoms with Gasteiger partial charge >= 0.3 is 0 Å². The highest BCUT2D eigenvalue weighted by atomic mass is 14.2. The van der Waals surface area contributed by atoms with Gasteiger partial charge in [0, 0.05) is 0 Å². The van der Waals surface area contributed by atoms with Gasteiger partial charge in [-0.2, -0.15) is 0 Å². The summed E-state index contributed by atoms with van der Waals surface area (Å²) in [5.41, 5.74) is 1.62. The molecule has 2 aliphatic carbocycles. The lowest BCUT2D eigenvalue weighted by Gasteiger charge is -2.01. The van der Waals surface area contributed by atoms with Crippen molar-refractivity contribution >= 4 is 0 Å². The van der Waals surface area contributed by atoms with Gasteiger partial charge in [-0.1, -0.05) is 94.6 Å². The number of hydrogen-bond acceptors (Lipinski definition) is 0. The van der Waals surface area contributed by atoms with Crippen LogP contribution in [0.1, 0.15) is 98.3 Å².